The molecule has 0 aliphatic carbocycles. The topological polar surface area (TPSA) is 79.7 Å². The molecule has 1 aliphatic heterocycles. The van der Waals surface area contributed by atoms with Crippen molar-refractivity contribution in [2.24, 2.45) is 0 Å². The summed E-state index contributed by atoms with van der Waals surface area (Å²) in [7, 11) is 1.62. The fraction of sp³-hybridized carbons (Fsp3) is 0.381. The van der Waals surface area contributed by atoms with Crippen molar-refractivity contribution < 1.29 is 9.53 Å². The van der Waals surface area contributed by atoms with Crippen molar-refractivity contribution in [2.75, 3.05) is 13.7 Å². The second-order valence-electron chi connectivity index (χ2n) is 7.11. The summed E-state index contributed by atoms with van der Waals surface area (Å²) in [4.78, 5) is 31.6. The number of aromatic nitrogens is 3. The predicted octanol–water partition coefficient (Wildman–Crippen LogP) is 2.50. The number of hydrogen-bond donors (Lipinski definition) is 1. The van der Waals surface area contributed by atoms with Crippen molar-refractivity contribution >= 4 is 11.6 Å². The van der Waals surface area contributed by atoms with Gasteiger partial charge in [-0.05, 0) is 37.0 Å². The highest BCUT2D eigenvalue weighted by Gasteiger charge is 2.31. The largest absolute Gasteiger partial charge is 0.497 e. The molecule has 7 nitrogen and oxygen atoms in total. The third-order valence-corrected chi connectivity index (χ3v) is 5.33. The van der Waals surface area contributed by atoms with Gasteiger partial charge in [-0.15, -0.1) is 0 Å². The van der Waals surface area contributed by atoms with Gasteiger partial charge in [0.05, 0.1) is 25.3 Å². The summed E-state index contributed by atoms with van der Waals surface area (Å²) in [5.74, 6) is 0.860. The van der Waals surface area contributed by atoms with Gasteiger partial charge in [-0.25, -0.2) is 9.50 Å². The Hall–Kier alpha value is -3.09. The van der Waals surface area contributed by atoms with E-state index in [1.54, 1.807) is 13.2 Å². The molecule has 1 fully saturated rings. The van der Waals surface area contributed by atoms with Gasteiger partial charge in [0.25, 0.3) is 5.56 Å². The summed E-state index contributed by atoms with van der Waals surface area (Å²) in [6, 6.07) is 11.0. The second kappa shape index (κ2) is 7.50. The van der Waals surface area contributed by atoms with Gasteiger partial charge in [0.15, 0.2) is 5.65 Å². The molecule has 1 amide bonds. The molecule has 0 spiro atoms. The number of likely N-dealkylation sites (tertiary alicyclic amines) is 1. The predicted molar refractivity (Wildman–Crippen MR) is 106 cm³/mol. The van der Waals surface area contributed by atoms with Gasteiger partial charge in [-0.2, -0.15) is 0 Å². The Kier molecular flexibility index (Phi) is 4.90. The Bertz CT molecular complexity index is 1050. The summed E-state index contributed by atoms with van der Waals surface area (Å²) in [6.45, 7) is 2.69. The smallest absolute Gasteiger partial charge is 0.272 e. The first-order chi connectivity index (χ1) is 13.6. The van der Waals surface area contributed by atoms with Crippen molar-refractivity contribution in [3.8, 4) is 5.75 Å². The maximum Gasteiger partial charge on any atom is 0.272 e. The normalized spacial score (nSPS) is 16.6. The van der Waals surface area contributed by atoms with Crippen LogP contribution in [0.4, 0.5) is 0 Å². The highest BCUT2D eigenvalue weighted by atomic mass is 16.5. The van der Waals surface area contributed by atoms with E-state index in [2.05, 4.69) is 10.1 Å². The number of benzene rings is 1. The molecule has 1 atom stereocenters. The van der Waals surface area contributed by atoms with Crippen LogP contribution in [0.25, 0.3) is 5.65 Å². The quantitative estimate of drug-likeness (QED) is 0.738. The van der Waals surface area contributed by atoms with Crippen LogP contribution in [0.3, 0.4) is 0 Å². The van der Waals surface area contributed by atoms with Crippen LogP contribution in [0.1, 0.15) is 42.8 Å². The zero-order valence-corrected chi connectivity index (χ0v) is 16.1. The fourth-order valence-electron chi connectivity index (χ4n) is 3.82. The molecule has 0 saturated carbocycles. The van der Waals surface area contributed by atoms with E-state index in [4.69, 9.17) is 4.74 Å². The van der Waals surface area contributed by atoms with Gasteiger partial charge in [0.2, 0.25) is 5.91 Å². The number of rotatable bonds is 5. The maximum absolute atomic E-state index is 12.9. The first-order valence-electron chi connectivity index (χ1n) is 9.63. The van der Waals surface area contributed by atoms with Crippen LogP contribution >= 0.6 is 0 Å². The number of aromatic amines is 1. The number of carbonyl (C=O) groups excluding carboxylic acids is 1. The molecule has 28 heavy (non-hydrogen) atoms. The summed E-state index contributed by atoms with van der Waals surface area (Å²) in [6.07, 6.45) is 2.87. The third kappa shape index (κ3) is 3.40. The zero-order chi connectivity index (χ0) is 19.7. The monoisotopic (exact) mass is 380 g/mol. The summed E-state index contributed by atoms with van der Waals surface area (Å²) >= 11 is 0. The molecule has 1 saturated heterocycles. The minimum Gasteiger partial charge on any atom is -0.497 e. The zero-order valence-electron chi connectivity index (χ0n) is 16.1. The van der Waals surface area contributed by atoms with Gasteiger partial charge in [-0.1, -0.05) is 19.1 Å². The maximum atomic E-state index is 12.9. The van der Waals surface area contributed by atoms with E-state index in [1.165, 1.54) is 4.52 Å². The number of fused-ring (bicyclic) bond motifs is 1. The lowest BCUT2D eigenvalue weighted by atomic mass is 10.1. The highest BCUT2D eigenvalue weighted by molar-refractivity contribution is 5.79. The third-order valence-electron chi connectivity index (χ3n) is 5.33. The fourth-order valence-corrected chi connectivity index (χ4v) is 3.82. The van der Waals surface area contributed by atoms with Crippen molar-refractivity contribution in [3.05, 3.63) is 63.7 Å². The Morgan fingerprint density at radius 2 is 2.07 bits per heavy atom. The van der Waals surface area contributed by atoms with Crippen molar-refractivity contribution in [2.45, 2.75) is 38.6 Å². The van der Waals surface area contributed by atoms with Crippen LogP contribution in [-0.4, -0.2) is 39.1 Å². The minimum absolute atomic E-state index is 0.0584. The number of nitrogens with zero attached hydrogens (tertiary/aromatic N) is 3. The molecule has 3 heterocycles. The molecule has 4 rings (SSSR count). The molecule has 3 aromatic rings. The summed E-state index contributed by atoms with van der Waals surface area (Å²) in [5.41, 5.74) is 3.07. The first-order valence-corrected chi connectivity index (χ1v) is 9.63. The van der Waals surface area contributed by atoms with Crippen LogP contribution < -0.4 is 10.3 Å². The highest BCUT2D eigenvalue weighted by Crippen LogP contribution is 2.32. The average molecular weight is 380 g/mol. The molecular weight excluding hydrogens is 356 g/mol. The lowest BCUT2D eigenvalue weighted by molar-refractivity contribution is -0.131. The Morgan fingerprint density at radius 3 is 2.79 bits per heavy atom. The Balaban J connectivity index is 1.57. The van der Waals surface area contributed by atoms with E-state index in [-0.39, 0.29) is 17.5 Å². The van der Waals surface area contributed by atoms with E-state index in [0.29, 0.717) is 18.5 Å². The van der Waals surface area contributed by atoms with Gasteiger partial charge < -0.3 is 9.64 Å². The molecule has 0 bridgehead atoms. The molecule has 0 unspecified atom stereocenters. The number of ether oxygens (including phenoxy) is 1. The summed E-state index contributed by atoms with van der Waals surface area (Å²) in [5, 5.41) is 3.15. The Morgan fingerprint density at radius 1 is 1.29 bits per heavy atom. The van der Waals surface area contributed by atoms with E-state index < -0.39 is 0 Å². The van der Waals surface area contributed by atoms with Crippen molar-refractivity contribution in [3.63, 3.8) is 0 Å². The number of amides is 1. The van der Waals surface area contributed by atoms with Gasteiger partial charge in [-0.3, -0.25) is 14.7 Å². The molecule has 1 aromatic carbocycles. The van der Waals surface area contributed by atoms with Crippen LogP contribution in [0.2, 0.25) is 0 Å². The van der Waals surface area contributed by atoms with Crippen LogP contribution in [0, 0.1) is 0 Å². The van der Waals surface area contributed by atoms with E-state index in [1.807, 2.05) is 42.2 Å². The van der Waals surface area contributed by atoms with Gasteiger partial charge >= 0.3 is 0 Å². The van der Waals surface area contributed by atoms with Gasteiger partial charge in [0.1, 0.15) is 5.75 Å². The van der Waals surface area contributed by atoms with Crippen LogP contribution in [0.15, 0.2) is 41.2 Å². The van der Waals surface area contributed by atoms with Crippen LogP contribution in [0.5, 0.6) is 5.75 Å². The standard InChI is InChI=1S/C21H24N4O3/c1-3-15-12-21(27)25-19(22-15)13-17(23-25)18-5-4-10-24(18)20(26)11-14-6-8-16(28-2)9-7-14/h6-9,12-13,18,23H,3-5,10-11H2,1-2H3/t18-/m1/s1. The van der Waals surface area contributed by atoms with Crippen LogP contribution in [-0.2, 0) is 17.6 Å². The Labute approximate surface area is 162 Å². The average Bonchev–Trinajstić information content (AvgIpc) is 3.35. The van der Waals surface area contributed by atoms with Crippen molar-refractivity contribution in [1.82, 2.24) is 19.5 Å². The molecule has 1 N–H and O–H groups in total. The molecule has 146 valence electrons. The lowest BCUT2D eigenvalue weighted by Gasteiger charge is -2.24. The number of methoxy groups -OCH3 is 1. The summed E-state index contributed by atoms with van der Waals surface area (Å²) < 4.78 is 6.63. The molecule has 2 aromatic heterocycles. The molecule has 0 radical (unpaired) electrons. The number of H-pyrrole nitrogens is 1. The minimum atomic E-state index is -0.123. The number of carbonyl (C=O) groups is 1. The number of hydrogen-bond acceptors (Lipinski definition) is 4. The molecule has 1 aliphatic rings. The van der Waals surface area contributed by atoms with Crippen molar-refractivity contribution in [1.29, 1.82) is 0 Å². The lowest BCUT2D eigenvalue weighted by Crippen LogP contribution is -2.32. The first kappa shape index (κ1) is 18.3. The van der Waals surface area contributed by atoms with E-state index >= 15 is 0 Å². The van der Waals surface area contributed by atoms with E-state index in [9.17, 15) is 9.59 Å². The molecule has 7 heteroatoms. The second-order valence-corrected chi connectivity index (χ2v) is 7.11. The van der Waals surface area contributed by atoms with Gasteiger partial charge in [0, 0.05) is 24.4 Å². The van der Waals surface area contributed by atoms with E-state index in [0.717, 1.165) is 42.1 Å². The number of nitrogens with one attached hydrogen (secondary N) is 1. The number of aryl methyl sites for hydroxylation is 1. The molecular formula is C21H24N4O3. The SMILES string of the molecule is CCc1cc(=O)n2[nH]c([C@H]3CCCN3C(=O)Cc3ccc(OC)cc3)cc2n1.